The molecule has 2 saturated heterocycles. The van der Waals surface area contributed by atoms with Crippen molar-refractivity contribution in [1.29, 1.82) is 0 Å². The zero-order valence-corrected chi connectivity index (χ0v) is 13.4. The van der Waals surface area contributed by atoms with Crippen LogP contribution in [0.25, 0.3) is 0 Å². The number of benzene rings is 1. The van der Waals surface area contributed by atoms with Gasteiger partial charge < -0.3 is 20.1 Å². The monoisotopic (exact) mass is 371 g/mol. The van der Waals surface area contributed by atoms with Gasteiger partial charge in [-0.05, 0) is 30.7 Å². The molecule has 5 atom stereocenters. The molecule has 0 bridgehead atoms. The lowest BCUT2D eigenvalue weighted by Crippen LogP contribution is -2.62. The Labute approximate surface area is 136 Å². The van der Waals surface area contributed by atoms with Gasteiger partial charge in [-0.1, -0.05) is 15.9 Å². The molecule has 0 saturated carbocycles. The number of hydrogen-bond acceptors (Lipinski definition) is 6. The van der Waals surface area contributed by atoms with E-state index in [2.05, 4.69) is 15.9 Å². The first kappa shape index (κ1) is 15.9. The van der Waals surface area contributed by atoms with Gasteiger partial charge >= 0.3 is 5.97 Å². The first-order chi connectivity index (χ1) is 10.5. The van der Waals surface area contributed by atoms with Crippen LogP contribution >= 0.6 is 15.9 Å². The van der Waals surface area contributed by atoms with E-state index in [4.69, 9.17) is 4.74 Å². The van der Waals surface area contributed by atoms with Crippen LogP contribution in [0.2, 0.25) is 0 Å². The lowest BCUT2D eigenvalue weighted by Gasteiger charge is -2.42. The number of halogens is 1. The highest BCUT2D eigenvalue weighted by Crippen LogP contribution is 2.29. The predicted octanol–water partition coefficient (Wildman–Crippen LogP) is 0.145. The fourth-order valence-corrected chi connectivity index (χ4v) is 3.44. The van der Waals surface area contributed by atoms with Crippen molar-refractivity contribution in [2.24, 2.45) is 0 Å². The Kier molecular flexibility index (Phi) is 4.52. The van der Waals surface area contributed by atoms with Crippen LogP contribution in [0.1, 0.15) is 16.8 Å². The summed E-state index contributed by atoms with van der Waals surface area (Å²) < 4.78 is 6.21. The van der Waals surface area contributed by atoms with Crippen molar-refractivity contribution in [3.05, 3.63) is 34.3 Å². The molecule has 0 aromatic heterocycles. The Morgan fingerprint density at radius 2 is 1.86 bits per heavy atom. The molecule has 2 aliphatic rings. The third-order valence-corrected chi connectivity index (χ3v) is 4.89. The number of ether oxygens (including phenoxy) is 1. The second kappa shape index (κ2) is 6.25. The summed E-state index contributed by atoms with van der Waals surface area (Å²) >= 11 is 3.29. The molecule has 22 heavy (non-hydrogen) atoms. The Morgan fingerprint density at radius 1 is 1.18 bits per heavy atom. The van der Waals surface area contributed by atoms with E-state index in [0.717, 1.165) is 4.47 Å². The maximum Gasteiger partial charge on any atom is 0.338 e. The molecule has 7 heteroatoms. The fraction of sp³-hybridized carbons (Fsp3) is 0.533. The molecule has 2 heterocycles. The number of piperidine rings is 1. The molecule has 6 nitrogen and oxygen atoms in total. The van der Waals surface area contributed by atoms with E-state index < -0.39 is 36.4 Å². The second-order valence-electron chi connectivity index (χ2n) is 5.77. The molecule has 0 spiro atoms. The molecule has 0 aliphatic carbocycles. The summed E-state index contributed by atoms with van der Waals surface area (Å²) in [4.78, 5) is 14.0. The molecule has 2 fully saturated rings. The van der Waals surface area contributed by atoms with Gasteiger partial charge in [0.2, 0.25) is 0 Å². The number of fused-ring (bicyclic) bond motifs is 1. The van der Waals surface area contributed by atoms with E-state index in [-0.39, 0.29) is 0 Å². The maximum atomic E-state index is 12.1. The Morgan fingerprint density at radius 3 is 2.55 bits per heavy atom. The summed E-state index contributed by atoms with van der Waals surface area (Å²) in [6.45, 7) is 0.921. The first-order valence-corrected chi connectivity index (χ1v) is 8.01. The molecular weight excluding hydrogens is 354 g/mol. The van der Waals surface area contributed by atoms with E-state index in [9.17, 15) is 20.1 Å². The summed E-state index contributed by atoms with van der Waals surface area (Å²) in [5.74, 6) is -0.540. The maximum absolute atomic E-state index is 12.1. The highest BCUT2D eigenvalue weighted by molar-refractivity contribution is 9.10. The van der Waals surface area contributed by atoms with Gasteiger partial charge in [0.25, 0.3) is 0 Å². The molecule has 1 aromatic rings. The number of carbonyl (C=O) groups is 1. The molecule has 0 radical (unpaired) electrons. The zero-order valence-electron chi connectivity index (χ0n) is 11.8. The lowest BCUT2D eigenvalue weighted by atomic mass is 9.93. The molecule has 2 aliphatic heterocycles. The lowest BCUT2D eigenvalue weighted by molar-refractivity contribution is -0.143. The number of aliphatic hydroxyl groups excluding tert-OH is 3. The highest BCUT2D eigenvalue weighted by atomic mass is 79.9. The number of nitrogens with zero attached hydrogens (tertiary/aromatic N) is 1. The van der Waals surface area contributed by atoms with Crippen molar-refractivity contribution >= 4 is 21.9 Å². The van der Waals surface area contributed by atoms with Crippen LogP contribution in [0, 0.1) is 0 Å². The van der Waals surface area contributed by atoms with E-state index in [0.29, 0.717) is 25.1 Å². The van der Waals surface area contributed by atoms with Gasteiger partial charge in [0.05, 0.1) is 17.7 Å². The van der Waals surface area contributed by atoms with E-state index in [1.807, 2.05) is 4.90 Å². The summed E-state index contributed by atoms with van der Waals surface area (Å²) in [7, 11) is 0. The minimum absolute atomic E-state index is 0.308. The van der Waals surface area contributed by atoms with Crippen molar-refractivity contribution in [3.8, 4) is 0 Å². The minimum Gasteiger partial charge on any atom is -0.455 e. The molecule has 120 valence electrons. The van der Waals surface area contributed by atoms with Crippen molar-refractivity contribution in [2.45, 2.75) is 36.9 Å². The zero-order chi connectivity index (χ0) is 15.9. The molecule has 3 unspecified atom stereocenters. The average molecular weight is 372 g/mol. The minimum atomic E-state index is -1.20. The van der Waals surface area contributed by atoms with Crippen LogP contribution in [0.5, 0.6) is 0 Å². The van der Waals surface area contributed by atoms with E-state index in [1.165, 1.54) is 0 Å². The van der Waals surface area contributed by atoms with Crippen LogP contribution in [0.15, 0.2) is 28.7 Å². The standard InChI is InChI=1S/C15H18BrNO5/c16-9-3-1-8(2-4-9)15(21)22-11-7-17-6-5-10(18)12(17)14(20)13(11)19/h1-4,10-14,18-20H,5-7H2/t10?,11-,12?,13?,14+/m0/s1. The number of esters is 1. The van der Waals surface area contributed by atoms with Crippen molar-refractivity contribution in [2.75, 3.05) is 13.1 Å². The quantitative estimate of drug-likeness (QED) is 0.641. The van der Waals surface area contributed by atoms with Crippen LogP contribution in [-0.2, 0) is 4.74 Å². The normalized spacial score (nSPS) is 35.2. The Hall–Kier alpha value is -0.990. The third-order valence-electron chi connectivity index (χ3n) is 4.36. The number of carbonyl (C=O) groups excluding carboxylic acids is 1. The van der Waals surface area contributed by atoms with Crippen LogP contribution in [-0.4, -0.2) is 69.7 Å². The summed E-state index contributed by atoms with van der Waals surface area (Å²) in [5, 5.41) is 30.2. The second-order valence-corrected chi connectivity index (χ2v) is 6.69. The summed E-state index contributed by atoms with van der Waals surface area (Å²) in [6, 6.07) is 6.23. The largest absolute Gasteiger partial charge is 0.455 e. The third kappa shape index (κ3) is 2.91. The predicted molar refractivity (Wildman–Crippen MR) is 81.3 cm³/mol. The van der Waals surface area contributed by atoms with Gasteiger partial charge in [-0.3, -0.25) is 4.90 Å². The van der Waals surface area contributed by atoms with E-state index in [1.54, 1.807) is 24.3 Å². The van der Waals surface area contributed by atoms with Crippen LogP contribution in [0.3, 0.4) is 0 Å². The van der Waals surface area contributed by atoms with Gasteiger partial charge in [0.1, 0.15) is 18.3 Å². The first-order valence-electron chi connectivity index (χ1n) is 7.22. The molecular formula is C15H18BrNO5. The number of aliphatic hydroxyl groups is 3. The van der Waals surface area contributed by atoms with Crippen molar-refractivity contribution in [3.63, 3.8) is 0 Å². The van der Waals surface area contributed by atoms with Gasteiger partial charge in [0.15, 0.2) is 0 Å². The smallest absolute Gasteiger partial charge is 0.338 e. The van der Waals surface area contributed by atoms with Crippen LogP contribution in [0.4, 0.5) is 0 Å². The highest BCUT2D eigenvalue weighted by Gasteiger charge is 2.49. The topological polar surface area (TPSA) is 90.2 Å². The molecule has 0 amide bonds. The Balaban J connectivity index is 1.70. The summed E-state index contributed by atoms with van der Waals surface area (Å²) in [5.41, 5.74) is 0.383. The molecule has 3 rings (SSSR count). The number of rotatable bonds is 2. The summed E-state index contributed by atoms with van der Waals surface area (Å²) in [6.07, 6.45) is -3.26. The van der Waals surface area contributed by atoms with Crippen molar-refractivity contribution < 1.29 is 24.9 Å². The van der Waals surface area contributed by atoms with Gasteiger partial charge in [-0.2, -0.15) is 0 Å². The van der Waals surface area contributed by atoms with E-state index >= 15 is 0 Å². The molecule has 1 aromatic carbocycles. The van der Waals surface area contributed by atoms with Crippen LogP contribution < -0.4 is 0 Å². The average Bonchev–Trinajstić information content (AvgIpc) is 2.86. The van der Waals surface area contributed by atoms with Crippen molar-refractivity contribution in [1.82, 2.24) is 4.90 Å². The van der Waals surface area contributed by atoms with Gasteiger partial charge in [-0.25, -0.2) is 4.79 Å². The van der Waals surface area contributed by atoms with Gasteiger partial charge in [0, 0.05) is 17.6 Å². The fourth-order valence-electron chi connectivity index (χ4n) is 3.18. The van der Waals surface area contributed by atoms with Gasteiger partial charge in [-0.15, -0.1) is 0 Å². The molecule has 3 N–H and O–H groups in total. The number of hydrogen-bond donors (Lipinski definition) is 3. The Bertz CT molecular complexity index is 551. The SMILES string of the molecule is O=C(O[C@H]1CN2CCC(O)C2[C@@H](O)C1O)c1ccc(Br)cc1.